The lowest BCUT2D eigenvalue weighted by Gasteiger charge is -2.13. The summed E-state index contributed by atoms with van der Waals surface area (Å²) in [5.41, 5.74) is 11.8. The first-order chi connectivity index (χ1) is 29.8. The van der Waals surface area contributed by atoms with Gasteiger partial charge in [0, 0.05) is 49.6 Å². The van der Waals surface area contributed by atoms with Gasteiger partial charge in [-0.1, -0.05) is 152 Å². The van der Waals surface area contributed by atoms with Gasteiger partial charge in [-0.3, -0.25) is 0 Å². The minimum Gasteiger partial charge on any atom is -0.309 e. The lowest BCUT2D eigenvalue weighted by molar-refractivity contribution is 1.07. The van der Waals surface area contributed by atoms with Gasteiger partial charge < -0.3 is 9.13 Å². The van der Waals surface area contributed by atoms with Crippen molar-refractivity contribution in [3.05, 3.63) is 212 Å². The Hall–Kier alpha value is -8.15. The van der Waals surface area contributed by atoms with E-state index in [0.717, 1.165) is 55.7 Å². The molecule has 5 heteroatoms. The van der Waals surface area contributed by atoms with Gasteiger partial charge in [-0.15, -0.1) is 0 Å². The van der Waals surface area contributed by atoms with Gasteiger partial charge in [-0.05, 0) is 82.6 Å². The fourth-order valence-corrected chi connectivity index (χ4v) is 9.06. The summed E-state index contributed by atoms with van der Waals surface area (Å²) >= 11 is 0. The Kier molecular flexibility index (Phi) is 7.78. The molecule has 0 radical (unpaired) electrons. The van der Waals surface area contributed by atoms with Crippen LogP contribution in [0.15, 0.2) is 212 Å². The van der Waals surface area contributed by atoms with Crippen molar-refractivity contribution in [1.82, 2.24) is 24.1 Å². The summed E-state index contributed by atoms with van der Waals surface area (Å²) in [6, 6.07) is 75.2. The van der Waals surface area contributed by atoms with Gasteiger partial charge in [0.2, 0.25) is 0 Å². The van der Waals surface area contributed by atoms with E-state index >= 15 is 0 Å². The molecular weight excluding hydrogens is 731 g/mol. The number of hydrogen-bond acceptors (Lipinski definition) is 3. The van der Waals surface area contributed by atoms with E-state index in [1.807, 2.05) is 36.4 Å². The summed E-state index contributed by atoms with van der Waals surface area (Å²) in [5, 5.41) is 7.25. The van der Waals surface area contributed by atoms with E-state index < -0.39 is 0 Å². The van der Waals surface area contributed by atoms with E-state index in [-0.39, 0.29) is 0 Å². The maximum absolute atomic E-state index is 5.22. The van der Waals surface area contributed by atoms with Crippen LogP contribution in [0.1, 0.15) is 0 Å². The highest BCUT2D eigenvalue weighted by Crippen LogP contribution is 2.44. The van der Waals surface area contributed by atoms with Crippen molar-refractivity contribution >= 4 is 54.4 Å². The second kappa shape index (κ2) is 13.8. The van der Waals surface area contributed by atoms with Crippen molar-refractivity contribution in [2.45, 2.75) is 0 Å². The molecule has 60 heavy (non-hydrogen) atoms. The van der Waals surface area contributed by atoms with Crippen LogP contribution >= 0.6 is 0 Å². The standard InChI is InChI=1S/C55H35N5/c1-5-18-37(19-6-1)53-56-54(38-20-7-2-8-21-38)58-55(57-53)40-34-45(52-44-27-15-16-28-47(44)60(50(52)35-40)42-24-11-4-12-25-42)39-30-31-48-46(33-39)51-43-26-14-13-17-36(43)29-32-49(51)59(48)41-22-9-3-10-23-41/h1-35H. The summed E-state index contributed by atoms with van der Waals surface area (Å²) in [6.07, 6.45) is 0. The highest BCUT2D eigenvalue weighted by Gasteiger charge is 2.22. The summed E-state index contributed by atoms with van der Waals surface area (Å²) in [6.45, 7) is 0. The van der Waals surface area contributed by atoms with E-state index in [1.54, 1.807) is 0 Å². The molecule has 0 saturated heterocycles. The smallest absolute Gasteiger partial charge is 0.164 e. The molecule has 0 aliphatic carbocycles. The Morgan fingerprint density at radius 1 is 0.283 bits per heavy atom. The first-order valence-electron chi connectivity index (χ1n) is 20.3. The molecule has 0 bridgehead atoms. The molecule has 0 aliphatic heterocycles. The second-order valence-electron chi connectivity index (χ2n) is 15.2. The van der Waals surface area contributed by atoms with Crippen molar-refractivity contribution in [2.75, 3.05) is 0 Å². The molecule has 3 heterocycles. The predicted molar refractivity (Wildman–Crippen MR) is 248 cm³/mol. The molecule has 0 fully saturated rings. The van der Waals surface area contributed by atoms with Gasteiger partial charge in [0.25, 0.3) is 0 Å². The lowest BCUT2D eigenvalue weighted by Crippen LogP contribution is -2.01. The molecule has 0 saturated carbocycles. The van der Waals surface area contributed by atoms with Crippen LogP contribution in [-0.4, -0.2) is 24.1 Å². The number of nitrogens with zero attached hydrogens (tertiary/aromatic N) is 5. The van der Waals surface area contributed by atoms with Gasteiger partial charge in [0.05, 0.1) is 22.1 Å². The Morgan fingerprint density at radius 3 is 1.43 bits per heavy atom. The third-order valence-electron chi connectivity index (χ3n) is 11.7. The van der Waals surface area contributed by atoms with Crippen LogP contribution in [0, 0.1) is 0 Å². The molecule has 280 valence electrons. The Bertz CT molecular complexity index is 3520. The van der Waals surface area contributed by atoms with E-state index in [0.29, 0.717) is 17.5 Å². The molecular formula is C55H35N5. The van der Waals surface area contributed by atoms with Gasteiger partial charge in [-0.25, -0.2) is 15.0 Å². The second-order valence-corrected chi connectivity index (χ2v) is 15.2. The van der Waals surface area contributed by atoms with Crippen molar-refractivity contribution < 1.29 is 0 Å². The first-order valence-corrected chi connectivity index (χ1v) is 20.3. The minimum absolute atomic E-state index is 0.614. The molecule has 0 spiro atoms. The van der Waals surface area contributed by atoms with Crippen LogP contribution in [0.25, 0.3) is 111 Å². The molecule has 0 aliphatic rings. The third kappa shape index (κ3) is 5.44. The molecule has 9 aromatic carbocycles. The molecule has 12 aromatic rings. The molecule has 12 rings (SSSR count). The monoisotopic (exact) mass is 765 g/mol. The SMILES string of the molecule is c1ccc(-c2nc(-c3ccccc3)nc(-c3cc(-c4ccc5c(c4)c4c6ccccc6ccc4n5-c4ccccc4)c4c5ccccc5n(-c5ccccc5)c4c3)n2)cc1. The van der Waals surface area contributed by atoms with Crippen LogP contribution in [0.4, 0.5) is 0 Å². The number of benzene rings is 9. The highest BCUT2D eigenvalue weighted by molar-refractivity contribution is 6.23. The maximum atomic E-state index is 5.22. The molecule has 0 unspecified atom stereocenters. The van der Waals surface area contributed by atoms with Gasteiger partial charge in [0.1, 0.15) is 0 Å². The number of fused-ring (bicyclic) bond motifs is 8. The average molecular weight is 766 g/mol. The van der Waals surface area contributed by atoms with E-state index in [2.05, 4.69) is 185 Å². The molecule has 3 aromatic heterocycles. The molecule has 5 nitrogen and oxygen atoms in total. The number of hydrogen-bond donors (Lipinski definition) is 0. The Morgan fingerprint density at radius 2 is 0.783 bits per heavy atom. The van der Waals surface area contributed by atoms with Crippen LogP contribution < -0.4 is 0 Å². The molecule has 0 N–H and O–H groups in total. The maximum Gasteiger partial charge on any atom is 0.164 e. The predicted octanol–water partition coefficient (Wildman–Crippen LogP) is 13.9. The minimum atomic E-state index is 0.614. The zero-order valence-electron chi connectivity index (χ0n) is 32.4. The highest BCUT2D eigenvalue weighted by atomic mass is 15.0. The fraction of sp³-hybridized carbons (Fsp3) is 0. The van der Waals surface area contributed by atoms with Crippen LogP contribution in [0.5, 0.6) is 0 Å². The summed E-state index contributed by atoms with van der Waals surface area (Å²) in [4.78, 5) is 15.5. The van der Waals surface area contributed by atoms with Crippen LogP contribution in [-0.2, 0) is 0 Å². The third-order valence-corrected chi connectivity index (χ3v) is 11.7. The van der Waals surface area contributed by atoms with Crippen molar-refractivity contribution in [3.8, 4) is 56.7 Å². The van der Waals surface area contributed by atoms with Crippen LogP contribution in [0.3, 0.4) is 0 Å². The Balaban J connectivity index is 1.20. The zero-order valence-corrected chi connectivity index (χ0v) is 32.4. The normalized spacial score (nSPS) is 11.7. The van der Waals surface area contributed by atoms with Crippen molar-refractivity contribution in [2.24, 2.45) is 0 Å². The summed E-state index contributed by atoms with van der Waals surface area (Å²) in [7, 11) is 0. The lowest BCUT2D eigenvalue weighted by atomic mass is 9.95. The zero-order chi connectivity index (χ0) is 39.6. The van der Waals surface area contributed by atoms with Gasteiger partial charge >= 0.3 is 0 Å². The van der Waals surface area contributed by atoms with Crippen molar-refractivity contribution in [3.63, 3.8) is 0 Å². The average Bonchev–Trinajstić information content (AvgIpc) is 3.85. The quantitative estimate of drug-likeness (QED) is 0.169. The largest absolute Gasteiger partial charge is 0.309 e. The van der Waals surface area contributed by atoms with E-state index in [9.17, 15) is 0 Å². The summed E-state index contributed by atoms with van der Waals surface area (Å²) < 4.78 is 4.78. The van der Waals surface area contributed by atoms with Gasteiger partial charge in [-0.2, -0.15) is 0 Å². The van der Waals surface area contributed by atoms with Crippen molar-refractivity contribution in [1.29, 1.82) is 0 Å². The fourth-order valence-electron chi connectivity index (χ4n) is 9.06. The Labute approximate surface area is 346 Å². The van der Waals surface area contributed by atoms with E-state index in [4.69, 9.17) is 15.0 Å². The summed E-state index contributed by atoms with van der Waals surface area (Å²) in [5.74, 6) is 1.88. The number of para-hydroxylation sites is 3. The van der Waals surface area contributed by atoms with E-state index in [1.165, 1.54) is 37.8 Å². The topological polar surface area (TPSA) is 48.5 Å². The first kappa shape index (κ1) is 33.9. The van der Waals surface area contributed by atoms with Gasteiger partial charge in [0.15, 0.2) is 17.5 Å². The number of aromatic nitrogens is 5. The van der Waals surface area contributed by atoms with Crippen LogP contribution in [0.2, 0.25) is 0 Å². The number of rotatable bonds is 6. The molecule has 0 atom stereocenters. The molecule has 0 amide bonds.